The molecule has 0 aliphatic heterocycles. The van der Waals surface area contributed by atoms with Gasteiger partial charge in [0.2, 0.25) is 0 Å². The minimum absolute atomic E-state index is 0.0644. The lowest BCUT2D eigenvalue weighted by Crippen LogP contribution is -2.03. The van der Waals surface area contributed by atoms with Crippen LogP contribution in [-0.2, 0) is 6.42 Å². The van der Waals surface area contributed by atoms with Gasteiger partial charge in [-0.3, -0.25) is 4.79 Å². The van der Waals surface area contributed by atoms with Crippen LogP contribution in [0.25, 0.3) is 0 Å². The van der Waals surface area contributed by atoms with E-state index < -0.39 is 0 Å². The van der Waals surface area contributed by atoms with Crippen molar-refractivity contribution in [2.24, 2.45) is 0 Å². The largest absolute Gasteiger partial charge is 0.472 e. The normalized spacial score (nSPS) is 10.4. The first-order valence-corrected chi connectivity index (χ1v) is 6.25. The molecule has 1 aromatic carbocycles. The van der Waals surface area contributed by atoms with E-state index in [9.17, 15) is 4.79 Å². The second kappa shape index (κ2) is 4.97. The summed E-state index contributed by atoms with van der Waals surface area (Å²) in [5, 5.41) is 0. The summed E-state index contributed by atoms with van der Waals surface area (Å²) in [6, 6.07) is 7.35. The highest BCUT2D eigenvalue weighted by Gasteiger charge is 2.11. The molecule has 0 radical (unpaired) electrons. The summed E-state index contributed by atoms with van der Waals surface area (Å²) >= 11 is 6.72. The van der Waals surface area contributed by atoms with Crippen molar-refractivity contribution in [3.8, 4) is 0 Å². The molecule has 0 unspecified atom stereocenters. The van der Waals surface area contributed by atoms with E-state index in [-0.39, 0.29) is 5.78 Å². The number of halogens is 2. The van der Waals surface area contributed by atoms with E-state index in [0.717, 1.165) is 14.5 Å². The fourth-order valence-electron chi connectivity index (χ4n) is 1.39. The predicted octanol–water partition coefficient (Wildman–Crippen LogP) is 4.23. The van der Waals surface area contributed by atoms with Crippen LogP contribution in [0.3, 0.4) is 0 Å². The van der Waals surface area contributed by atoms with Crippen LogP contribution in [0, 0.1) is 0 Å². The van der Waals surface area contributed by atoms with Gasteiger partial charge in [0, 0.05) is 20.9 Å². The number of ketones is 1. The average Bonchev–Trinajstić information content (AvgIpc) is 2.74. The Morgan fingerprint density at radius 1 is 1.25 bits per heavy atom. The molecule has 0 aliphatic carbocycles. The van der Waals surface area contributed by atoms with E-state index in [2.05, 4.69) is 31.9 Å². The first kappa shape index (κ1) is 11.6. The number of furan rings is 1. The molecule has 0 spiro atoms. The highest BCUT2D eigenvalue weighted by molar-refractivity contribution is 9.11. The Hall–Kier alpha value is -0.870. The third-order valence-electron chi connectivity index (χ3n) is 2.17. The number of Topliss-reactive ketones (excluding diaryl/α,β-unsaturated/α-hetero) is 1. The Kier molecular flexibility index (Phi) is 3.61. The molecular weight excluding hydrogens is 336 g/mol. The van der Waals surface area contributed by atoms with Gasteiger partial charge in [0.15, 0.2) is 5.78 Å². The maximum absolute atomic E-state index is 12.0. The Labute approximate surface area is 110 Å². The van der Waals surface area contributed by atoms with Crippen LogP contribution in [0.15, 0.2) is 50.2 Å². The zero-order valence-corrected chi connectivity index (χ0v) is 11.4. The molecule has 0 amide bonds. The van der Waals surface area contributed by atoms with Crippen molar-refractivity contribution >= 4 is 37.6 Å². The number of carbonyl (C=O) groups excluding carboxylic acids is 1. The van der Waals surface area contributed by atoms with E-state index in [1.165, 1.54) is 0 Å². The van der Waals surface area contributed by atoms with Crippen LogP contribution in [0.2, 0.25) is 0 Å². The van der Waals surface area contributed by atoms with Crippen molar-refractivity contribution in [3.63, 3.8) is 0 Å². The lowest BCUT2D eigenvalue weighted by atomic mass is 10.1. The van der Waals surface area contributed by atoms with Crippen molar-refractivity contribution in [1.82, 2.24) is 0 Å². The van der Waals surface area contributed by atoms with Crippen LogP contribution in [0.4, 0.5) is 0 Å². The van der Waals surface area contributed by atoms with Gasteiger partial charge in [-0.15, -0.1) is 0 Å². The summed E-state index contributed by atoms with van der Waals surface area (Å²) in [7, 11) is 0. The van der Waals surface area contributed by atoms with Crippen molar-refractivity contribution in [1.29, 1.82) is 0 Å². The van der Waals surface area contributed by atoms with E-state index >= 15 is 0 Å². The molecule has 4 heteroatoms. The first-order chi connectivity index (χ1) is 7.66. The molecule has 0 saturated heterocycles. The first-order valence-electron chi connectivity index (χ1n) is 4.66. The summed E-state index contributed by atoms with van der Waals surface area (Å²) < 4.78 is 6.64. The lowest BCUT2D eigenvalue weighted by molar-refractivity contribution is 0.0992. The molecule has 0 bridgehead atoms. The van der Waals surface area contributed by atoms with Crippen molar-refractivity contribution in [2.45, 2.75) is 6.42 Å². The maximum atomic E-state index is 12.0. The number of rotatable bonds is 3. The third-order valence-corrected chi connectivity index (χ3v) is 3.36. The Bertz CT molecular complexity index is 504. The second-order valence-electron chi connectivity index (χ2n) is 3.36. The molecule has 0 N–H and O–H groups in total. The standard InChI is InChI=1S/C12H8Br2O2/c13-9-1-2-11(14)10(6-9)12(15)5-8-3-4-16-7-8/h1-4,6-7H,5H2. The molecule has 1 aromatic heterocycles. The molecule has 2 rings (SSSR count). The fourth-order valence-corrected chi connectivity index (χ4v) is 2.21. The van der Waals surface area contributed by atoms with Gasteiger partial charge >= 0.3 is 0 Å². The molecule has 1 heterocycles. The third kappa shape index (κ3) is 2.62. The van der Waals surface area contributed by atoms with Crippen LogP contribution in [0.5, 0.6) is 0 Å². The van der Waals surface area contributed by atoms with Crippen molar-refractivity contribution in [3.05, 3.63) is 56.9 Å². The zero-order chi connectivity index (χ0) is 11.5. The summed E-state index contributed by atoms with van der Waals surface area (Å²) in [6.07, 6.45) is 3.51. The van der Waals surface area contributed by atoms with Crippen molar-refractivity contribution < 1.29 is 9.21 Å². The number of hydrogen-bond acceptors (Lipinski definition) is 2. The number of benzene rings is 1. The molecule has 16 heavy (non-hydrogen) atoms. The van der Waals surface area contributed by atoms with E-state index in [1.54, 1.807) is 18.6 Å². The Morgan fingerprint density at radius 2 is 2.06 bits per heavy atom. The summed E-state index contributed by atoms with van der Waals surface area (Å²) in [6.45, 7) is 0. The molecule has 0 atom stereocenters. The van der Waals surface area contributed by atoms with E-state index in [0.29, 0.717) is 12.0 Å². The van der Waals surface area contributed by atoms with Crippen LogP contribution in [0.1, 0.15) is 15.9 Å². The topological polar surface area (TPSA) is 30.2 Å². The van der Waals surface area contributed by atoms with Gasteiger partial charge < -0.3 is 4.42 Å². The highest BCUT2D eigenvalue weighted by Crippen LogP contribution is 2.23. The molecule has 0 aliphatic rings. The van der Waals surface area contributed by atoms with E-state index in [1.807, 2.05) is 18.2 Å². The number of hydrogen-bond donors (Lipinski definition) is 0. The molecule has 0 saturated carbocycles. The fraction of sp³-hybridized carbons (Fsp3) is 0.0833. The summed E-state index contributed by atoms with van der Waals surface area (Å²) in [5.74, 6) is 0.0644. The predicted molar refractivity (Wildman–Crippen MR) is 68.6 cm³/mol. The smallest absolute Gasteiger partial charge is 0.168 e. The summed E-state index contributed by atoms with van der Waals surface area (Å²) in [5.41, 5.74) is 1.56. The molecule has 0 fully saturated rings. The second-order valence-corrected chi connectivity index (χ2v) is 5.13. The van der Waals surface area contributed by atoms with Gasteiger partial charge in [0.25, 0.3) is 0 Å². The van der Waals surface area contributed by atoms with Crippen LogP contribution in [-0.4, -0.2) is 5.78 Å². The van der Waals surface area contributed by atoms with Gasteiger partial charge in [-0.25, -0.2) is 0 Å². The van der Waals surface area contributed by atoms with E-state index in [4.69, 9.17) is 4.42 Å². The van der Waals surface area contributed by atoms with Gasteiger partial charge in [0.05, 0.1) is 12.5 Å². The zero-order valence-electron chi connectivity index (χ0n) is 8.24. The molecule has 2 nitrogen and oxygen atoms in total. The van der Waals surface area contributed by atoms with Crippen LogP contribution >= 0.6 is 31.9 Å². The van der Waals surface area contributed by atoms with Crippen molar-refractivity contribution in [2.75, 3.05) is 0 Å². The minimum Gasteiger partial charge on any atom is -0.472 e. The maximum Gasteiger partial charge on any atom is 0.168 e. The Morgan fingerprint density at radius 3 is 2.75 bits per heavy atom. The lowest BCUT2D eigenvalue weighted by Gasteiger charge is -2.03. The molecule has 2 aromatic rings. The molecular formula is C12H8Br2O2. The Balaban J connectivity index is 2.24. The van der Waals surface area contributed by atoms with Gasteiger partial charge in [-0.05, 0) is 29.8 Å². The SMILES string of the molecule is O=C(Cc1ccoc1)c1cc(Br)ccc1Br. The minimum atomic E-state index is 0.0644. The summed E-state index contributed by atoms with van der Waals surface area (Å²) in [4.78, 5) is 12.0. The van der Waals surface area contributed by atoms with Crippen LogP contribution < -0.4 is 0 Å². The van der Waals surface area contributed by atoms with Gasteiger partial charge in [-0.2, -0.15) is 0 Å². The average molecular weight is 344 g/mol. The highest BCUT2D eigenvalue weighted by atomic mass is 79.9. The monoisotopic (exact) mass is 342 g/mol. The quantitative estimate of drug-likeness (QED) is 0.780. The van der Waals surface area contributed by atoms with Gasteiger partial charge in [-0.1, -0.05) is 31.9 Å². The molecule has 82 valence electrons. The number of carbonyl (C=O) groups is 1. The van der Waals surface area contributed by atoms with Gasteiger partial charge in [0.1, 0.15) is 0 Å².